The Morgan fingerprint density at radius 3 is 2.68 bits per heavy atom. The topological polar surface area (TPSA) is 76.1 Å². The molecule has 0 aliphatic carbocycles. The summed E-state index contributed by atoms with van der Waals surface area (Å²) in [4.78, 5) is 16.1. The Kier molecular flexibility index (Phi) is 3.68. The number of sulfonamides is 1. The molecule has 2 rings (SSSR count). The van der Waals surface area contributed by atoms with Crippen LogP contribution < -0.4 is 4.72 Å². The summed E-state index contributed by atoms with van der Waals surface area (Å²) >= 11 is 1.52. The van der Waals surface area contributed by atoms with E-state index < -0.39 is 15.9 Å². The third-order valence-electron chi connectivity index (χ3n) is 2.32. The third kappa shape index (κ3) is 3.62. The fourth-order valence-corrected chi connectivity index (χ4v) is 2.62. The van der Waals surface area contributed by atoms with Crippen LogP contribution in [0, 0.1) is 6.92 Å². The molecule has 0 aliphatic heterocycles. The Labute approximate surface area is 115 Å². The number of hydrogen-bond acceptors (Lipinski definition) is 5. The first-order valence-electron chi connectivity index (χ1n) is 5.40. The standard InChI is InChI=1S/C12H12N2O3S2/c1-8-13-11(7-18-8)9-4-3-5-10(6-9)12(15)14-19(2,16)17/h3-7H,1-2H3,(H,14,15). The van der Waals surface area contributed by atoms with Gasteiger partial charge in [0.2, 0.25) is 10.0 Å². The number of thiazole rings is 1. The van der Waals surface area contributed by atoms with Crippen LogP contribution in [0.15, 0.2) is 29.6 Å². The van der Waals surface area contributed by atoms with Gasteiger partial charge in [-0.25, -0.2) is 18.1 Å². The van der Waals surface area contributed by atoms with Gasteiger partial charge in [-0.1, -0.05) is 12.1 Å². The number of aromatic nitrogens is 1. The minimum atomic E-state index is -3.56. The van der Waals surface area contributed by atoms with E-state index in [1.165, 1.54) is 11.3 Å². The lowest BCUT2D eigenvalue weighted by molar-refractivity contribution is 0.0981. The molecule has 100 valence electrons. The molecule has 1 amide bonds. The van der Waals surface area contributed by atoms with Crippen LogP contribution in [-0.2, 0) is 10.0 Å². The van der Waals surface area contributed by atoms with E-state index in [0.717, 1.165) is 22.5 Å². The fraction of sp³-hybridized carbons (Fsp3) is 0.167. The van der Waals surface area contributed by atoms with Crippen LogP contribution in [0.3, 0.4) is 0 Å². The molecule has 2 aromatic rings. The van der Waals surface area contributed by atoms with Gasteiger partial charge in [-0.3, -0.25) is 4.79 Å². The lowest BCUT2D eigenvalue weighted by atomic mass is 10.1. The van der Waals surface area contributed by atoms with E-state index in [9.17, 15) is 13.2 Å². The normalized spacial score (nSPS) is 11.3. The van der Waals surface area contributed by atoms with Crippen molar-refractivity contribution in [3.63, 3.8) is 0 Å². The van der Waals surface area contributed by atoms with E-state index in [1.807, 2.05) is 23.1 Å². The first-order chi connectivity index (χ1) is 8.85. The molecule has 0 saturated carbocycles. The Morgan fingerprint density at radius 1 is 1.37 bits per heavy atom. The Bertz CT molecular complexity index is 720. The predicted octanol–water partition coefficient (Wildman–Crippen LogP) is 1.81. The Hall–Kier alpha value is -1.73. The van der Waals surface area contributed by atoms with Gasteiger partial charge in [-0.05, 0) is 19.1 Å². The number of benzene rings is 1. The summed E-state index contributed by atoms with van der Waals surface area (Å²) in [6.45, 7) is 1.90. The van der Waals surface area contributed by atoms with Gasteiger partial charge < -0.3 is 0 Å². The van der Waals surface area contributed by atoms with Crippen LogP contribution in [0.1, 0.15) is 15.4 Å². The van der Waals surface area contributed by atoms with Crippen LogP contribution in [0.2, 0.25) is 0 Å². The quantitative estimate of drug-likeness (QED) is 0.937. The Balaban J connectivity index is 2.32. The smallest absolute Gasteiger partial charge is 0.264 e. The van der Waals surface area contributed by atoms with Crippen molar-refractivity contribution < 1.29 is 13.2 Å². The number of amides is 1. The highest BCUT2D eigenvalue weighted by molar-refractivity contribution is 7.89. The van der Waals surface area contributed by atoms with Gasteiger partial charge in [-0.15, -0.1) is 11.3 Å². The zero-order valence-electron chi connectivity index (χ0n) is 10.4. The minimum Gasteiger partial charge on any atom is -0.268 e. The van der Waals surface area contributed by atoms with Crippen molar-refractivity contribution in [3.05, 3.63) is 40.2 Å². The van der Waals surface area contributed by atoms with E-state index in [2.05, 4.69) is 4.98 Å². The maximum atomic E-state index is 11.7. The van der Waals surface area contributed by atoms with Crippen LogP contribution in [-0.4, -0.2) is 25.6 Å². The molecule has 0 unspecified atom stereocenters. The molecule has 0 fully saturated rings. The molecule has 1 N–H and O–H groups in total. The first-order valence-corrected chi connectivity index (χ1v) is 8.17. The van der Waals surface area contributed by atoms with Crippen molar-refractivity contribution in [1.82, 2.24) is 9.71 Å². The zero-order valence-corrected chi connectivity index (χ0v) is 12.0. The number of carbonyl (C=O) groups is 1. The molecule has 0 spiro atoms. The van der Waals surface area contributed by atoms with Gasteiger partial charge in [0.15, 0.2) is 0 Å². The lowest BCUT2D eigenvalue weighted by Crippen LogP contribution is -2.29. The van der Waals surface area contributed by atoms with E-state index in [1.54, 1.807) is 18.2 Å². The number of carbonyl (C=O) groups excluding carboxylic acids is 1. The average Bonchev–Trinajstić information content (AvgIpc) is 2.74. The fourth-order valence-electron chi connectivity index (χ4n) is 1.54. The van der Waals surface area contributed by atoms with Crippen molar-refractivity contribution in [2.45, 2.75) is 6.92 Å². The van der Waals surface area contributed by atoms with Crippen molar-refractivity contribution in [3.8, 4) is 11.3 Å². The van der Waals surface area contributed by atoms with Crippen LogP contribution in [0.4, 0.5) is 0 Å². The van der Waals surface area contributed by atoms with E-state index in [4.69, 9.17) is 0 Å². The Morgan fingerprint density at radius 2 is 2.11 bits per heavy atom. The third-order valence-corrected chi connectivity index (χ3v) is 3.65. The van der Waals surface area contributed by atoms with Crippen LogP contribution in [0.25, 0.3) is 11.3 Å². The number of aryl methyl sites for hydroxylation is 1. The highest BCUT2D eigenvalue weighted by Gasteiger charge is 2.12. The summed E-state index contributed by atoms with van der Waals surface area (Å²) in [5.74, 6) is -0.642. The summed E-state index contributed by atoms with van der Waals surface area (Å²) in [6.07, 6.45) is 0.943. The molecule has 0 atom stereocenters. The van der Waals surface area contributed by atoms with Crippen molar-refractivity contribution >= 4 is 27.3 Å². The first kappa shape index (κ1) is 13.7. The molecule has 0 bridgehead atoms. The summed E-state index contributed by atoms with van der Waals surface area (Å²) in [5, 5.41) is 2.82. The van der Waals surface area contributed by atoms with Gasteiger partial charge in [0, 0.05) is 16.5 Å². The SMILES string of the molecule is Cc1nc(-c2cccc(C(=O)NS(C)(=O)=O)c2)cs1. The highest BCUT2D eigenvalue weighted by Crippen LogP contribution is 2.22. The molecule has 0 aliphatic rings. The number of hydrogen-bond donors (Lipinski definition) is 1. The molecule has 0 radical (unpaired) electrons. The molecule has 0 saturated heterocycles. The summed E-state index contributed by atoms with van der Waals surface area (Å²) in [6, 6.07) is 6.70. The average molecular weight is 296 g/mol. The lowest BCUT2D eigenvalue weighted by Gasteiger charge is -2.04. The number of rotatable bonds is 3. The molecule has 1 aromatic heterocycles. The molecule has 1 aromatic carbocycles. The monoisotopic (exact) mass is 296 g/mol. The molecular formula is C12H12N2O3S2. The largest absolute Gasteiger partial charge is 0.268 e. The summed E-state index contributed by atoms with van der Waals surface area (Å²) in [5.41, 5.74) is 1.84. The molecule has 19 heavy (non-hydrogen) atoms. The van der Waals surface area contributed by atoms with Gasteiger partial charge in [0.1, 0.15) is 0 Å². The van der Waals surface area contributed by atoms with Gasteiger partial charge in [-0.2, -0.15) is 0 Å². The van der Waals surface area contributed by atoms with Crippen LogP contribution >= 0.6 is 11.3 Å². The highest BCUT2D eigenvalue weighted by atomic mass is 32.2. The van der Waals surface area contributed by atoms with Crippen molar-refractivity contribution in [2.24, 2.45) is 0 Å². The van der Waals surface area contributed by atoms with E-state index >= 15 is 0 Å². The second-order valence-electron chi connectivity index (χ2n) is 4.04. The van der Waals surface area contributed by atoms with E-state index in [-0.39, 0.29) is 5.56 Å². The second kappa shape index (κ2) is 5.10. The maximum absolute atomic E-state index is 11.7. The number of nitrogens with one attached hydrogen (secondary N) is 1. The summed E-state index contributed by atoms with van der Waals surface area (Å²) < 4.78 is 24.0. The molecule has 7 heteroatoms. The zero-order chi connectivity index (χ0) is 14.0. The van der Waals surface area contributed by atoms with Gasteiger partial charge in [0.25, 0.3) is 5.91 Å². The molecule has 1 heterocycles. The van der Waals surface area contributed by atoms with Crippen molar-refractivity contribution in [2.75, 3.05) is 6.26 Å². The molecule has 5 nitrogen and oxygen atoms in total. The second-order valence-corrected chi connectivity index (χ2v) is 6.85. The van der Waals surface area contributed by atoms with Gasteiger partial charge >= 0.3 is 0 Å². The summed E-state index contributed by atoms with van der Waals surface area (Å²) in [7, 11) is -3.56. The number of nitrogens with zero attached hydrogens (tertiary/aromatic N) is 1. The van der Waals surface area contributed by atoms with E-state index in [0.29, 0.717) is 0 Å². The molecular weight excluding hydrogens is 284 g/mol. The minimum absolute atomic E-state index is 0.286. The van der Waals surface area contributed by atoms with Crippen molar-refractivity contribution in [1.29, 1.82) is 0 Å². The van der Waals surface area contributed by atoms with Crippen LogP contribution in [0.5, 0.6) is 0 Å². The predicted molar refractivity (Wildman–Crippen MR) is 74.6 cm³/mol. The maximum Gasteiger partial charge on any atom is 0.264 e. The van der Waals surface area contributed by atoms with Gasteiger partial charge in [0.05, 0.1) is 17.0 Å².